The van der Waals surface area contributed by atoms with Gasteiger partial charge in [-0.25, -0.2) is 8.42 Å². The van der Waals surface area contributed by atoms with E-state index in [0.29, 0.717) is 35.9 Å². The summed E-state index contributed by atoms with van der Waals surface area (Å²) in [5.41, 5.74) is 0.623. The molecule has 0 aliphatic heterocycles. The Labute approximate surface area is 188 Å². The molecule has 0 unspecified atom stereocenters. The van der Waals surface area contributed by atoms with Gasteiger partial charge in [0.15, 0.2) is 0 Å². The van der Waals surface area contributed by atoms with Crippen LogP contribution in [-0.4, -0.2) is 38.8 Å². The van der Waals surface area contributed by atoms with Crippen LogP contribution in [-0.2, 0) is 10.0 Å². The number of amides is 1. The number of nitrogens with one attached hydrogen (secondary N) is 1. The highest BCUT2D eigenvalue weighted by Gasteiger charge is 2.23. The fraction of sp³-hybridized carbons (Fsp3) is 0.208. The van der Waals surface area contributed by atoms with Gasteiger partial charge >= 0.3 is 0 Å². The van der Waals surface area contributed by atoms with Gasteiger partial charge in [0, 0.05) is 18.7 Å². The summed E-state index contributed by atoms with van der Waals surface area (Å²) in [5.74, 6) is 1.10. The molecule has 8 heteroatoms. The average Bonchev–Trinajstić information content (AvgIpc) is 2.80. The van der Waals surface area contributed by atoms with E-state index in [9.17, 15) is 13.2 Å². The minimum atomic E-state index is -3.68. The molecule has 0 aliphatic rings. The summed E-state index contributed by atoms with van der Waals surface area (Å²) in [4.78, 5) is 13.0. The van der Waals surface area contributed by atoms with Crippen molar-refractivity contribution in [1.29, 1.82) is 0 Å². The van der Waals surface area contributed by atoms with Gasteiger partial charge in [-0.1, -0.05) is 38.1 Å². The fourth-order valence-corrected chi connectivity index (χ4v) is 4.66. The Kier molecular flexibility index (Phi) is 7.50. The van der Waals surface area contributed by atoms with Crippen LogP contribution in [0.5, 0.6) is 17.2 Å². The van der Waals surface area contributed by atoms with Crippen LogP contribution in [0.15, 0.2) is 77.7 Å². The molecule has 0 aromatic heterocycles. The molecule has 3 rings (SSSR count). The number of benzene rings is 3. The number of sulfonamides is 1. The molecule has 1 N–H and O–H groups in total. The highest BCUT2D eigenvalue weighted by molar-refractivity contribution is 7.89. The van der Waals surface area contributed by atoms with E-state index in [4.69, 9.17) is 9.47 Å². The quantitative estimate of drug-likeness (QED) is 0.503. The first kappa shape index (κ1) is 23.3. The third kappa shape index (κ3) is 5.27. The van der Waals surface area contributed by atoms with Crippen LogP contribution in [0.25, 0.3) is 0 Å². The van der Waals surface area contributed by atoms with E-state index in [0.717, 1.165) is 0 Å². The largest absolute Gasteiger partial charge is 0.495 e. The summed E-state index contributed by atoms with van der Waals surface area (Å²) in [6, 6.07) is 20.4. The van der Waals surface area contributed by atoms with Crippen molar-refractivity contribution < 1.29 is 22.7 Å². The molecule has 0 aliphatic carbocycles. The zero-order valence-corrected chi connectivity index (χ0v) is 19.1. The van der Waals surface area contributed by atoms with Crippen molar-refractivity contribution in [3.05, 3.63) is 78.4 Å². The lowest BCUT2D eigenvalue weighted by molar-refractivity contribution is 0.102. The molecular weight excluding hydrogens is 428 g/mol. The molecule has 0 saturated heterocycles. The first-order chi connectivity index (χ1) is 15.4. The van der Waals surface area contributed by atoms with E-state index in [1.54, 1.807) is 38.1 Å². The SMILES string of the molecule is CCN(CC)S(=O)(=O)c1ccc(OC)c(NC(=O)c2cccc(Oc3ccccc3)c2)c1. The van der Waals surface area contributed by atoms with Gasteiger partial charge in [0.25, 0.3) is 5.91 Å². The molecular formula is C24H26N2O5S. The lowest BCUT2D eigenvalue weighted by Gasteiger charge is -2.19. The first-order valence-corrected chi connectivity index (χ1v) is 11.7. The van der Waals surface area contributed by atoms with Gasteiger partial charge in [-0.2, -0.15) is 4.31 Å². The smallest absolute Gasteiger partial charge is 0.255 e. The Balaban J connectivity index is 1.86. The number of para-hydroxylation sites is 1. The third-order valence-electron chi connectivity index (χ3n) is 4.84. The number of nitrogens with zero attached hydrogens (tertiary/aromatic N) is 1. The van der Waals surface area contributed by atoms with Gasteiger partial charge in [0.05, 0.1) is 17.7 Å². The molecule has 0 bridgehead atoms. The Morgan fingerprint density at radius 2 is 1.59 bits per heavy atom. The van der Waals surface area contributed by atoms with Gasteiger partial charge in [0.1, 0.15) is 17.2 Å². The van der Waals surface area contributed by atoms with Crippen LogP contribution in [0.3, 0.4) is 0 Å². The predicted molar refractivity (Wildman–Crippen MR) is 124 cm³/mol. The highest BCUT2D eigenvalue weighted by Crippen LogP contribution is 2.30. The van der Waals surface area contributed by atoms with Crippen LogP contribution in [0.4, 0.5) is 5.69 Å². The van der Waals surface area contributed by atoms with Crippen molar-refractivity contribution in [2.24, 2.45) is 0 Å². The van der Waals surface area contributed by atoms with Crippen molar-refractivity contribution in [1.82, 2.24) is 4.31 Å². The van der Waals surface area contributed by atoms with E-state index in [-0.39, 0.29) is 10.6 Å². The minimum absolute atomic E-state index is 0.0819. The van der Waals surface area contributed by atoms with E-state index in [1.807, 2.05) is 30.3 Å². The van der Waals surface area contributed by atoms with E-state index >= 15 is 0 Å². The Morgan fingerprint density at radius 1 is 0.906 bits per heavy atom. The Bertz CT molecular complexity index is 1180. The maximum atomic E-state index is 12.9. The summed E-state index contributed by atoms with van der Waals surface area (Å²) in [6.45, 7) is 4.25. The van der Waals surface area contributed by atoms with E-state index in [2.05, 4.69) is 5.32 Å². The van der Waals surface area contributed by atoms with Crippen molar-refractivity contribution in [3.63, 3.8) is 0 Å². The molecule has 168 valence electrons. The number of anilines is 1. The molecule has 3 aromatic rings. The zero-order valence-electron chi connectivity index (χ0n) is 18.2. The van der Waals surface area contributed by atoms with Crippen LogP contribution < -0.4 is 14.8 Å². The van der Waals surface area contributed by atoms with Crippen molar-refractivity contribution in [2.45, 2.75) is 18.7 Å². The van der Waals surface area contributed by atoms with Crippen LogP contribution in [0, 0.1) is 0 Å². The third-order valence-corrected chi connectivity index (χ3v) is 6.88. The van der Waals surface area contributed by atoms with Crippen LogP contribution >= 0.6 is 0 Å². The van der Waals surface area contributed by atoms with Crippen LogP contribution in [0.2, 0.25) is 0 Å². The second-order valence-electron chi connectivity index (χ2n) is 6.85. The summed E-state index contributed by atoms with van der Waals surface area (Å²) >= 11 is 0. The van der Waals surface area contributed by atoms with Gasteiger partial charge in [-0.05, 0) is 48.5 Å². The normalized spacial score (nSPS) is 11.2. The number of hydrogen-bond acceptors (Lipinski definition) is 5. The predicted octanol–water partition coefficient (Wildman–Crippen LogP) is 4.77. The van der Waals surface area contributed by atoms with Crippen molar-refractivity contribution in [2.75, 3.05) is 25.5 Å². The second kappa shape index (κ2) is 10.3. The second-order valence-corrected chi connectivity index (χ2v) is 8.79. The summed E-state index contributed by atoms with van der Waals surface area (Å²) in [5, 5.41) is 2.75. The van der Waals surface area contributed by atoms with E-state index in [1.165, 1.54) is 29.6 Å². The minimum Gasteiger partial charge on any atom is -0.495 e. The molecule has 1 amide bonds. The number of carbonyl (C=O) groups is 1. The molecule has 0 atom stereocenters. The molecule has 32 heavy (non-hydrogen) atoms. The number of ether oxygens (including phenoxy) is 2. The number of rotatable bonds is 9. The van der Waals surface area contributed by atoms with E-state index < -0.39 is 15.9 Å². The number of carbonyl (C=O) groups excluding carboxylic acids is 1. The summed E-state index contributed by atoms with van der Waals surface area (Å²) < 4.78 is 38.2. The monoisotopic (exact) mass is 454 g/mol. The van der Waals surface area contributed by atoms with Crippen LogP contribution in [0.1, 0.15) is 24.2 Å². The maximum absolute atomic E-state index is 12.9. The zero-order chi connectivity index (χ0) is 23.1. The standard InChI is InChI=1S/C24H26N2O5S/c1-4-26(5-2)32(28,29)21-14-15-23(30-3)22(17-21)25-24(27)18-10-9-13-20(16-18)31-19-11-7-6-8-12-19/h6-17H,4-5H2,1-3H3,(H,25,27). The van der Waals surface area contributed by atoms with Crippen molar-refractivity contribution >= 4 is 21.6 Å². The molecule has 0 spiro atoms. The molecule has 7 nitrogen and oxygen atoms in total. The molecule has 0 heterocycles. The lowest BCUT2D eigenvalue weighted by Crippen LogP contribution is -2.30. The fourth-order valence-electron chi connectivity index (χ4n) is 3.18. The molecule has 0 saturated carbocycles. The maximum Gasteiger partial charge on any atom is 0.255 e. The average molecular weight is 455 g/mol. The molecule has 0 radical (unpaired) electrons. The Morgan fingerprint density at radius 3 is 2.25 bits per heavy atom. The topological polar surface area (TPSA) is 84.9 Å². The number of methoxy groups -OCH3 is 1. The Hall–Kier alpha value is -3.36. The number of hydrogen-bond donors (Lipinski definition) is 1. The lowest BCUT2D eigenvalue weighted by atomic mass is 10.2. The van der Waals surface area contributed by atoms with Gasteiger partial charge in [0.2, 0.25) is 10.0 Å². The van der Waals surface area contributed by atoms with Gasteiger partial charge in [-0.15, -0.1) is 0 Å². The summed E-state index contributed by atoms with van der Waals surface area (Å²) in [7, 11) is -2.23. The summed E-state index contributed by atoms with van der Waals surface area (Å²) in [6.07, 6.45) is 0. The first-order valence-electron chi connectivity index (χ1n) is 10.2. The van der Waals surface area contributed by atoms with Gasteiger partial charge < -0.3 is 14.8 Å². The molecule has 3 aromatic carbocycles. The highest BCUT2D eigenvalue weighted by atomic mass is 32.2. The van der Waals surface area contributed by atoms with Gasteiger partial charge in [-0.3, -0.25) is 4.79 Å². The molecule has 0 fully saturated rings. The van der Waals surface area contributed by atoms with Crippen molar-refractivity contribution in [3.8, 4) is 17.2 Å².